The van der Waals surface area contributed by atoms with Crippen molar-refractivity contribution in [3.8, 4) is 0 Å². The summed E-state index contributed by atoms with van der Waals surface area (Å²) in [6, 6.07) is 0.623. The molecule has 2 unspecified atom stereocenters. The Morgan fingerprint density at radius 2 is 2.00 bits per heavy atom. The zero-order valence-electron chi connectivity index (χ0n) is 11.2. The number of piperidine rings is 2. The van der Waals surface area contributed by atoms with E-state index in [0.717, 1.165) is 32.0 Å². The summed E-state index contributed by atoms with van der Waals surface area (Å²) in [5, 5.41) is 13.7. The van der Waals surface area contributed by atoms with Gasteiger partial charge in [0.1, 0.15) is 6.23 Å². The van der Waals surface area contributed by atoms with Crippen LogP contribution in [0.4, 0.5) is 0 Å². The highest BCUT2D eigenvalue weighted by Gasteiger charge is 2.31. The lowest BCUT2D eigenvalue weighted by Gasteiger charge is -2.43. The van der Waals surface area contributed by atoms with Crippen LogP contribution in [0.25, 0.3) is 0 Å². The molecule has 0 aromatic heterocycles. The van der Waals surface area contributed by atoms with Crippen LogP contribution in [-0.2, 0) is 0 Å². The second-order valence-corrected chi connectivity index (χ2v) is 5.73. The fourth-order valence-electron chi connectivity index (χ4n) is 3.35. The van der Waals surface area contributed by atoms with Crippen LogP contribution in [0.15, 0.2) is 0 Å². The standard InChI is InChI=1S/C14H28N2O/c1-2-3-4-12-7-10-16(14(17)11-12)13-5-8-15-9-6-13/h12-15,17H,2-11H2,1H3. The Labute approximate surface area is 106 Å². The lowest BCUT2D eigenvalue weighted by atomic mass is 9.89. The first-order valence-electron chi connectivity index (χ1n) is 7.45. The average molecular weight is 240 g/mol. The lowest BCUT2D eigenvalue weighted by molar-refractivity contribution is -0.0734. The SMILES string of the molecule is CCCCC1CCN(C2CCNCC2)C(O)C1. The smallest absolute Gasteiger partial charge is 0.107 e. The molecule has 0 aromatic carbocycles. The van der Waals surface area contributed by atoms with Gasteiger partial charge in [-0.1, -0.05) is 26.2 Å². The van der Waals surface area contributed by atoms with Gasteiger partial charge >= 0.3 is 0 Å². The molecule has 3 nitrogen and oxygen atoms in total. The van der Waals surface area contributed by atoms with Crippen molar-refractivity contribution in [2.24, 2.45) is 5.92 Å². The fourth-order valence-corrected chi connectivity index (χ4v) is 3.35. The number of hydrogen-bond donors (Lipinski definition) is 2. The minimum atomic E-state index is -0.172. The quantitative estimate of drug-likeness (QED) is 0.788. The average Bonchev–Trinajstić information content (AvgIpc) is 2.37. The fraction of sp³-hybridized carbons (Fsp3) is 1.00. The Kier molecular flexibility index (Phi) is 5.26. The first-order chi connectivity index (χ1) is 8.31. The molecule has 0 spiro atoms. The van der Waals surface area contributed by atoms with E-state index in [9.17, 15) is 5.11 Å². The van der Waals surface area contributed by atoms with E-state index in [2.05, 4.69) is 17.1 Å². The summed E-state index contributed by atoms with van der Waals surface area (Å²) in [5.74, 6) is 0.767. The Morgan fingerprint density at radius 1 is 1.24 bits per heavy atom. The molecule has 2 aliphatic rings. The summed E-state index contributed by atoms with van der Waals surface area (Å²) in [6.07, 6.45) is 8.45. The van der Waals surface area contributed by atoms with Gasteiger partial charge in [-0.3, -0.25) is 4.90 Å². The molecule has 0 saturated carbocycles. The normalized spacial score (nSPS) is 32.8. The lowest BCUT2D eigenvalue weighted by Crippen LogP contribution is -2.51. The Hall–Kier alpha value is -0.120. The van der Waals surface area contributed by atoms with Crippen molar-refractivity contribution >= 4 is 0 Å². The number of likely N-dealkylation sites (tertiary alicyclic amines) is 1. The van der Waals surface area contributed by atoms with Crippen molar-refractivity contribution in [2.45, 2.75) is 64.1 Å². The molecule has 2 fully saturated rings. The maximum absolute atomic E-state index is 10.3. The summed E-state index contributed by atoms with van der Waals surface area (Å²) >= 11 is 0. The summed E-state index contributed by atoms with van der Waals surface area (Å²) in [5.41, 5.74) is 0. The molecular weight excluding hydrogens is 212 g/mol. The monoisotopic (exact) mass is 240 g/mol. The van der Waals surface area contributed by atoms with Gasteiger partial charge in [0, 0.05) is 12.6 Å². The van der Waals surface area contributed by atoms with Crippen LogP contribution < -0.4 is 5.32 Å². The number of nitrogens with one attached hydrogen (secondary N) is 1. The maximum Gasteiger partial charge on any atom is 0.107 e. The highest BCUT2D eigenvalue weighted by molar-refractivity contribution is 4.84. The van der Waals surface area contributed by atoms with Gasteiger partial charge in [0.05, 0.1) is 0 Å². The molecule has 17 heavy (non-hydrogen) atoms. The first-order valence-corrected chi connectivity index (χ1v) is 7.45. The highest BCUT2D eigenvalue weighted by atomic mass is 16.3. The molecule has 0 aromatic rings. The van der Waals surface area contributed by atoms with Crippen LogP contribution in [0.3, 0.4) is 0 Å². The van der Waals surface area contributed by atoms with E-state index >= 15 is 0 Å². The summed E-state index contributed by atoms with van der Waals surface area (Å²) < 4.78 is 0. The van der Waals surface area contributed by atoms with E-state index in [0.29, 0.717) is 6.04 Å². The van der Waals surface area contributed by atoms with E-state index in [1.807, 2.05) is 0 Å². The second kappa shape index (κ2) is 6.72. The molecule has 0 bridgehead atoms. The topological polar surface area (TPSA) is 35.5 Å². The van der Waals surface area contributed by atoms with E-state index in [1.165, 1.54) is 38.5 Å². The van der Waals surface area contributed by atoms with Crippen molar-refractivity contribution in [3.63, 3.8) is 0 Å². The Morgan fingerprint density at radius 3 is 2.65 bits per heavy atom. The van der Waals surface area contributed by atoms with Crippen molar-refractivity contribution in [1.29, 1.82) is 0 Å². The van der Waals surface area contributed by atoms with Crippen LogP contribution in [0.5, 0.6) is 0 Å². The van der Waals surface area contributed by atoms with E-state index < -0.39 is 0 Å². The van der Waals surface area contributed by atoms with Crippen LogP contribution in [0, 0.1) is 5.92 Å². The van der Waals surface area contributed by atoms with E-state index in [4.69, 9.17) is 0 Å². The molecule has 2 heterocycles. The van der Waals surface area contributed by atoms with Gasteiger partial charge in [-0.15, -0.1) is 0 Å². The third-order valence-corrected chi connectivity index (χ3v) is 4.47. The molecule has 2 saturated heterocycles. The molecule has 100 valence electrons. The number of aliphatic hydroxyl groups is 1. The number of unbranched alkanes of at least 4 members (excludes halogenated alkanes) is 1. The predicted molar refractivity (Wildman–Crippen MR) is 70.9 cm³/mol. The van der Waals surface area contributed by atoms with E-state index in [1.54, 1.807) is 0 Å². The number of nitrogens with zero attached hydrogens (tertiary/aromatic N) is 1. The molecular formula is C14H28N2O. The third kappa shape index (κ3) is 3.67. The minimum Gasteiger partial charge on any atom is -0.378 e. The van der Waals surface area contributed by atoms with Crippen molar-refractivity contribution in [3.05, 3.63) is 0 Å². The van der Waals surface area contributed by atoms with Crippen molar-refractivity contribution in [2.75, 3.05) is 19.6 Å². The molecule has 0 aliphatic carbocycles. The molecule has 2 rings (SSSR count). The predicted octanol–water partition coefficient (Wildman–Crippen LogP) is 1.96. The molecule has 2 atom stereocenters. The van der Waals surface area contributed by atoms with E-state index in [-0.39, 0.29) is 6.23 Å². The van der Waals surface area contributed by atoms with Gasteiger partial charge < -0.3 is 10.4 Å². The molecule has 2 aliphatic heterocycles. The van der Waals surface area contributed by atoms with Crippen LogP contribution in [0.1, 0.15) is 51.9 Å². The van der Waals surface area contributed by atoms with Crippen LogP contribution >= 0.6 is 0 Å². The van der Waals surface area contributed by atoms with Crippen molar-refractivity contribution < 1.29 is 5.11 Å². The first kappa shape index (κ1) is 13.3. The zero-order valence-corrected chi connectivity index (χ0v) is 11.2. The molecule has 3 heteroatoms. The molecule has 0 amide bonds. The van der Waals surface area contributed by atoms with Gasteiger partial charge in [0.15, 0.2) is 0 Å². The number of hydrogen-bond acceptors (Lipinski definition) is 3. The minimum absolute atomic E-state index is 0.172. The van der Waals surface area contributed by atoms with Gasteiger partial charge in [-0.25, -0.2) is 0 Å². The number of aliphatic hydroxyl groups excluding tert-OH is 1. The Balaban J connectivity index is 1.78. The van der Waals surface area contributed by atoms with Gasteiger partial charge in [-0.05, 0) is 44.7 Å². The zero-order chi connectivity index (χ0) is 12.1. The third-order valence-electron chi connectivity index (χ3n) is 4.47. The summed E-state index contributed by atoms with van der Waals surface area (Å²) in [4.78, 5) is 2.36. The summed E-state index contributed by atoms with van der Waals surface area (Å²) in [6.45, 7) is 5.60. The maximum atomic E-state index is 10.3. The highest BCUT2D eigenvalue weighted by Crippen LogP contribution is 2.29. The largest absolute Gasteiger partial charge is 0.378 e. The van der Waals surface area contributed by atoms with Gasteiger partial charge in [-0.2, -0.15) is 0 Å². The Bertz CT molecular complexity index is 216. The molecule has 0 radical (unpaired) electrons. The molecule has 2 N–H and O–H groups in total. The summed E-state index contributed by atoms with van der Waals surface area (Å²) in [7, 11) is 0. The number of rotatable bonds is 4. The van der Waals surface area contributed by atoms with Gasteiger partial charge in [0.25, 0.3) is 0 Å². The van der Waals surface area contributed by atoms with Crippen LogP contribution in [0.2, 0.25) is 0 Å². The van der Waals surface area contributed by atoms with Crippen LogP contribution in [-0.4, -0.2) is 41.9 Å². The van der Waals surface area contributed by atoms with Crippen molar-refractivity contribution in [1.82, 2.24) is 10.2 Å². The second-order valence-electron chi connectivity index (χ2n) is 5.73. The van der Waals surface area contributed by atoms with Gasteiger partial charge in [0.2, 0.25) is 0 Å².